The second-order valence-electron chi connectivity index (χ2n) is 22.0. The van der Waals surface area contributed by atoms with E-state index in [4.69, 9.17) is 48.9 Å². The first-order chi connectivity index (χ1) is 38.9. The van der Waals surface area contributed by atoms with Crippen molar-refractivity contribution in [3.05, 3.63) is 129 Å². The van der Waals surface area contributed by atoms with Crippen LogP contribution in [0.1, 0.15) is 137 Å². The molecule has 3 saturated carbocycles. The summed E-state index contributed by atoms with van der Waals surface area (Å²) in [5, 5.41) is 7.57. The van der Waals surface area contributed by atoms with Crippen LogP contribution in [0.25, 0.3) is 11.2 Å². The van der Waals surface area contributed by atoms with Gasteiger partial charge in [0.2, 0.25) is 0 Å². The number of nitrogens with two attached hydrogens (primary N) is 1. The van der Waals surface area contributed by atoms with Crippen molar-refractivity contribution in [2.75, 3.05) is 47.3 Å². The van der Waals surface area contributed by atoms with Crippen molar-refractivity contribution in [1.29, 1.82) is 0 Å². The maximum atomic E-state index is 14.4. The summed E-state index contributed by atoms with van der Waals surface area (Å²) in [7, 11) is 6.25. The lowest BCUT2D eigenvalue weighted by molar-refractivity contribution is 0.320. The van der Waals surface area contributed by atoms with Gasteiger partial charge in [0.25, 0.3) is 0 Å². The van der Waals surface area contributed by atoms with E-state index in [1.807, 2.05) is 18.5 Å². The van der Waals surface area contributed by atoms with Gasteiger partial charge in [-0.15, -0.1) is 0 Å². The number of aliphatic imine (C=N–C) groups is 2. The van der Waals surface area contributed by atoms with E-state index in [9.17, 15) is 8.78 Å². The molecule has 13 rings (SSSR count). The highest BCUT2D eigenvalue weighted by atomic mass is 35.5. The van der Waals surface area contributed by atoms with Crippen molar-refractivity contribution in [1.82, 2.24) is 50.1 Å². The first-order valence-corrected chi connectivity index (χ1v) is 29.1. The van der Waals surface area contributed by atoms with E-state index in [0.29, 0.717) is 82.6 Å². The van der Waals surface area contributed by atoms with Gasteiger partial charge < -0.3 is 25.3 Å². The van der Waals surface area contributed by atoms with Crippen LogP contribution in [-0.2, 0) is 19.5 Å². The van der Waals surface area contributed by atoms with E-state index < -0.39 is 11.6 Å². The lowest BCUT2D eigenvalue weighted by atomic mass is 9.85. The fourth-order valence-electron chi connectivity index (χ4n) is 12.7. The average molecular weight is 1130 g/mol. The molecule has 6 aliphatic rings. The van der Waals surface area contributed by atoms with Crippen molar-refractivity contribution < 1.29 is 8.78 Å². The Morgan fingerprint density at radius 3 is 2.00 bits per heavy atom. The van der Waals surface area contributed by atoms with Crippen LogP contribution in [0.4, 0.5) is 37.7 Å². The SMILES string of the molecule is CC[C@@H]1CCC[C@H]1N(C)c1cnc2c(n1)CN=C2c1cccc(Cl)c1F.CN(c1cnc2c(N3CCCc4ncccc43)n[nH]c2n1)[C@H]1CCCC[C@H]1N.C[C@H]1CCCC[C@H]1N(C)c1cnc2c(n1)CN=C2c1ccnc(Cl)c1F. The van der Waals surface area contributed by atoms with Gasteiger partial charge >= 0.3 is 0 Å². The number of fused-ring (bicyclic) bond motifs is 4. The molecule has 7 aromatic rings. The zero-order valence-electron chi connectivity index (χ0n) is 46.1. The predicted molar refractivity (Wildman–Crippen MR) is 313 cm³/mol. The third kappa shape index (κ3) is 11.0. The summed E-state index contributed by atoms with van der Waals surface area (Å²) in [5.41, 5.74) is 14.7. The van der Waals surface area contributed by atoms with E-state index in [1.54, 1.807) is 30.6 Å². The molecule has 80 heavy (non-hydrogen) atoms. The van der Waals surface area contributed by atoms with Gasteiger partial charge in [-0.25, -0.2) is 43.7 Å². The average Bonchev–Trinajstić information content (AvgIpc) is 4.36. The van der Waals surface area contributed by atoms with Crippen molar-refractivity contribution in [3.63, 3.8) is 0 Å². The fraction of sp³-hybridized carbons (Fsp3) is 0.475. The number of nitrogens with zero attached hydrogens (tertiary/aromatic N) is 15. The normalized spacial score (nSPS) is 22.0. The molecular weight excluding hydrogens is 1060 g/mol. The summed E-state index contributed by atoms with van der Waals surface area (Å²) >= 11 is 11.7. The fourth-order valence-corrected chi connectivity index (χ4v) is 13.1. The summed E-state index contributed by atoms with van der Waals surface area (Å²) in [6, 6.07) is 12.1. The quantitative estimate of drug-likeness (QED) is 0.123. The van der Waals surface area contributed by atoms with Crippen molar-refractivity contribution in [2.24, 2.45) is 27.6 Å². The van der Waals surface area contributed by atoms with Gasteiger partial charge in [-0.1, -0.05) is 81.6 Å². The minimum atomic E-state index is -0.570. The van der Waals surface area contributed by atoms with E-state index in [0.717, 1.165) is 83.8 Å². The van der Waals surface area contributed by atoms with Gasteiger partial charge in [0.15, 0.2) is 33.8 Å². The van der Waals surface area contributed by atoms with Crippen LogP contribution < -0.4 is 25.3 Å². The van der Waals surface area contributed by atoms with Crippen LogP contribution >= 0.6 is 23.2 Å². The Morgan fingerprint density at radius 1 is 0.650 bits per heavy atom. The number of hydrogen-bond acceptors (Lipinski definition) is 16. The summed E-state index contributed by atoms with van der Waals surface area (Å²) in [4.78, 5) is 54.3. The molecular formula is C59H69Cl2F2N17. The van der Waals surface area contributed by atoms with E-state index in [-0.39, 0.29) is 16.2 Å². The molecule has 6 atom stereocenters. The molecule has 3 aliphatic carbocycles. The van der Waals surface area contributed by atoms with Crippen molar-refractivity contribution in [3.8, 4) is 0 Å². The third-order valence-corrected chi connectivity index (χ3v) is 17.8. The number of halogens is 4. The van der Waals surface area contributed by atoms with Gasteiger partial charge in [-0.3, -0.25) is 20.1 Å². The molecule has 17 nitrogen and oxygen atoms in total. The molecule has 3 N–H and O–H groups in total. The maximum Gasteiger partial charge on any atom is 0.183 e. The number of aromatic amines is 1. The van der Waals surface area contributed by atoms with Crippen LogP contribution in [0.3, 0.4) is 0 Å². The number of anilines is 5. The largest absolute Gasteiger partial charge is 0.355 e. The van der Waals surface area contributed by atoms with Gasteiger partial charge in [-0.05, 0) is 93.5 Å². The highest BCUT2D eigenvalue weighted by Crippen LogP contribution is 2.37. The molecule has 0 amide bonds. The minimum absolute atomic E-state index is 0.0924. The lowest BCUT2D eigenvalue weighted by Gasteiger charge is -2.36. The summed E-state index contributed by atoms with van der Waals surface area (Å²) < 4.78 is 28.7. The molecule has 0 unspecified atom stereocenters. The molecule has 0 radical (unpaired) electrons. The van der Waals surface area contributed by atoms with Crippen LogP contribution in [0.5, 0.6) is 0 Å². The van der Waals surface area contributed by atoms with Crippen LogP contribution in [0, 0.1) is 23.5 Å². The topological polar surface area (TPSA) is 196 Å². The van der Waals surface area contributed by atoms with Crippen molar-refractivity contribution in [2.45, 2.75) is 141 Å². The molecule has 0 bridgehead atoms. The first-order valence-electron chi connectivity index (χ1n) is 28.3. The number of H-pyrrole nitrogens is 1. The number of nitrogens with one attached hydrogen (secondary N) is 1. The molecule has 21 heteroatoms. The standard InChI is InChI=1S/C20H22ClFN4.C20H26N8.C19H21ClFN5/c1-3-12-6-4-9-16(12)26(2)17-11-24-20-15(25-17)10-23-19(20)13-7-5-8-14(21)18(13)22;1-27(15-8-3-2-6-13(15)21)17-12-23-18-19(24-17)25-26-20(18)28-11-5-7-14-16(28)9-4-10-22-14;1-11-5-3-4-6-14(11)26(2)15-10-24-18-13(25-15)9-23-17(18)12-7-8-22-19(20)16(12)21/h5,7-8,11-12,16H,3-4,6,9-10H2,1-2H3;4,9-10,12-13,15H,2-3,5-8,11,21H2,1H3,(H,24,25,26);7-8,10-11,14H,3-6,9H2,1-2H3/t12-,16-;13-,15+;11-,14+/m110/s1. The van der Waals surface area contributed by atoms with Crippen LogP contribution in [0.2, 0.25) is 10.2 Å². The highest BCUT2D eigenvalue weighted by molar-refractivity contribution is 6.31. The second kappa shape index (κ2) is 24.1. The highest BCUT2D eigenvalue weighted by Gasteiger charge is 2.33. The van der Waals surface area contributed by atoms with Gasteiger partial charge in [0, 0.05) is 75.4 Å². The Balaban J connectivity index is 0.000000127. The van der Waals surface area contributed by atoms with Gasteiger partial charge in [0.1, 0.15) is 28.8 Å². The molecule has 1 aromatic carbocycles. The summed E-state index contributed by atoms with van der Waals surface area (Å²) in [5.74, 6) is 3.71. The van der Waals surface area contributed by atoms with E-state index in [2.05, 4.69) is 101 Å². The number of pyridine rings is 2. The van der Waals surface area contributed by atoms with Crippen LogP contribution in [-0.4, -0.2) is 113 Å². The summed E-state index contributed by atoms with van der Waals surface area (Å²) in [6.07, 6.45) is 25.3. The number of benzene rings is 1. The van der Waals surface area contributed by atoms with E-state index in [1.165, 1.54) is 76.5 Å². The molecule has 0 saturated heterocycles. The third-order valence-electron chi connectivity index (χ3n) is 17.2. The summed E-state index contributed by atoms with van der Waals surface area (Å²) in [6.45, 7) is 6.29. The molecule has 418 valence electrons. The molecule has 3 aliphatic heterocycles. The Kier molecular flexibility index (Phi) is 16.6. The molecule has 6 aromatic heterocycles. The molecule has 9 heterocycles. The number of hydrogen-bond donors (Lipinski definition) is 2. The molecule has 3 fully saturated rings. The minimum Gasteiger partial charge on any atom is -0.355 e. The maximum absolute atomic E-state index is 14.4. The predicted octanol–water partition coefficient (Wildman–Crippen LogP) is 11.2. The first kappa shape index (κ1) is 55.1. The zero-order chi connectivity index (χ0) is 55.6. The number of aryl methyl sites for hydroxylation is 1. The number of likely N-dealkylation sites (N-methyl/N-ethyl adjacent to an activating group) is 1. The Morgan fingerprint density at radius 2 is 1.29 bits per heavy atom. The molecule has 0 spiro atoms. The Bertz CT molecular complexity index is 3300. The number of rotatable bonds is 10. The van der Waals surface area contributed by atoms with Crippen LogP contribution in [0.15, 0.2) is 77.4 Å². The zero-order valence-corrected chi connectivity index (χ0v) is 47.6. The smallest absolute Gasteiger partial charge is 0.183 e. The van der Waals surface area contributed by atoms with E-state index >= 15 is 0 Å². The second-order valence-corrected chi connectivity index (χ2v) is 22.7. The Labute approximate surface area is 476 Å². The Hall–Kier alpha value is -6.83. The van der Waals surface area contributed by atoms with Crippen molar-refractivity contribution >= 4 is 74.7 Å². The van der Waals surface area contributed by atoms with Gasteiger partial charge in [-0.2, -0.15) is 5.10 Å². The monoisotopic (exact) mass is 1120 g/mol. The number of aromatic nitrogens is 10. The lowest BCUT2D eigenvalue weighted by Crippen LogP contribution is -2.48. The van der Waals surface area contributed by atoms with Gasteiger partial charge in [0.05, 0.1) is 70.9 Å².